The van der Waals surface area contributed by atoms with E-state index in [-0.39, 0.29) is 0 Å². The molecule has 0 spiro atoms. The highest BCUT2D eigenvalue weighted by Crippen LogP contribution is 2.46. The normalized spacial score (nSPS) is 28.4. The van der Waals surface area contributed by atoms with E-state index in [9.17, 15) is 10.4 Å². The summed E-state index contributed by atoms with van der Waals surface area (Å²) in [6.07, 6.45) is 4.31. The summed E-state index contributed by atoms with van der Waals surface area (Å²) in [6, 6.07) is 5.86. The third kappa shape index (κ3) is 2.71. The molecule has 0 aliphatic heterocycles. The third-order valence-corrected chi connectivity index (χ3v) is 4.20. The first-order valence-electron chi connectivity index (χ1n) is 6.70. The Labute approximate surface area is 114 Å². The van der Waals surface area contributed by atoms with Crippen molar-refractivity contribution in [1.82, 2.24) is 4.98 Å². The van der Waals surface area contributed by atoms with Gasteiger partial charge in [0, 0.05) is 17.8 Å². The molecule has 1 saturated carbocycles. The van der Waals surface area contributed by atoms with Gasteiger partial charge in [-0.3, -0.25) is 0 Å². The summed E-state index contributed by atoms with van der Waals surface area (Å²) in [6.45, 7) is 2.20. The number of rotatable bonds is 3. The fraction of sp³-hybridized carbons (Fsp3) is 0.600. The monoisotopic (exact) mass is 260 g/mol. The fourth-order valence-electron chi connectivity index (χ4n) is 2.72. The van der Waals surface area contributed by atoms with Crippen LogP contribution in [0.1, 0.15) is 44.3 Å². The number of aliphatic hydroxyl groups excluding tert-OH is 1. The van der Waals surface area contributed by atoms with Gasteiger partial charge in [0.15, 0.2) is 0 Å². The van der Waals surface area contributed by atoms with Gasteiger partial charge in [-0.2, -0.15) is 5.26 Å². The van der Waals surface area contributed by atoms with Gasteiger partial charge in [-0.05, 0) is 37.7 Å². The van der Waals surface area contributed by atoms with Crippen LogP contribution < -0.4 is 4.74 Å². The van der Waals surface area contributed by atoms with Gasteiger partial charge in [0.1, 0.15) is 0 Å². The number of aromatic nitrogens is 1. The molecule has 0 amide bonds. The van der Waals surface area contributed by atoms with Crippen LogP contribution in [0.2, 0.25) is 0 Å². The Morgan fingerprint density at radius 3 is 2.63 bits per heavy atom. The maximum absolute atomic E-state index is 10.5. The molecule has 0 bridgehead atoms. The van der Waals surface area contributed by atoms with E-state index in [1.807, 2.05) is 0 Å². The highest BCUT2D eigenvalue weighted by Gasteiger charge is 2.41. The Balaban J connectivity index is 2.20. The van der Waals surface area contributed by atoms with Crippen LogP contribution in [-0.4, -0.2) is 17.2 Å². The summed E-state index contributed by atoms with van der Waals surface area (Å²) in [5.74, 6) is 1.15. The zero-order chi connectivity index (χ0) is 13.9. The molecule has 1 aromatic heterocycles. The van der Waals surface area contributed by atoms with Crippen molar-refractivity contribution in [3.8, 4) is 11.9 Å². The smallest absolute Gasteiger partial charge is 0.212 e. The van der Waals surface area contributed by atoms with E-state index >= 15 is 0 Å². The molecule has 1 atom stereocenters. The van der Waals surface area contributed by atoms with E-state index in [0.717, 1.165) is 25.7 Å². The lowest BCUT2D eigenvalue weighted by molar-refractivity contribution is 0.0264. The molecule has 1 N–H and O–H groups in total. The zero-order valence-electron chi connectivity index (χ0n) is 11.5. The lowest BCUT2D eigenvalue weighted by Gasteiger charge is -2.37. The van der Waals surface area contributed by atoms with E-state index in [2.05, 4.69) is 18.0 Å². The molecule has 1 heterocycles. The number of ether oxygens (including phenoxy) is 1. The van der Waals surface area contributed by atoms with E-state index in [1.165, 1.54) is 0 Å². The number of nitrogens with zero attached hydrogens (tertiary/aromatic N) is 2. The average Bonchev–Trinajstić information content (AvgIpc) is 2.48. The molecular formula is C15H20N2O2. The number of hydrogen-bond donors (Lipinski definition) is 1. The largest absolute Gasteiger partial charge is 0.481 e. The van der Waals surface area contributed by atoms with Crippen molar-refractivity contribution >= 4 is 0 Å². The fourth-order valence-corrected chi connectivity index (χ4v) is 2.72. The van der Waals surface area contributed by atoms with Crippen LogP contribution in [0, 0.1) is 22.7 Å². The van der Waals surface area contributed by atoms with Gasteiger partial charge in [-0.1, -0.05) is 6.92 Å². The molecule has 0 saturated heterocycles. The Morgan fingerprint density at radius 1 is 1.47 bits per heavy atom. The summed E-state index contributed by atoms with van der Waals surface area (Å²) in [4.78, 5) is 4.10. The van der Waals surface area contributed by atoms with Gasteiger partial charge < -0.3 is 9.84 Å². The summed E-state index contributed by atoms with van der Waals surface area (Å²) in [7, 11) is 1.55. The molecule has 1 aromatic rings. The van der Waals surface area contributed by atoms with Crippen molar-refractivity contribution in [2.24, 2.45) is 11.3 Å². The van der Waals surface area contributed by atoms with Crippen molar-refractivity contribution in [2.75, 3.05) is 7.11 Å². The van der Waals surface area contributed by atoms with Gasteiger partial charge in [-0.25, -0.2) is 4.98 Å². The maximum atomic E-state index is 10.5. The van der Waals surface area contributed by atoms with Crippen LogP contribution >= 0.6 is 0 Å². The minimum atomic E-state index is -0.775. The summed E-state index contributed by atoms with van der Waals surface area (Å²) in [5.41, 5.74) is 0.0277. The van der Waals surface area contributed by atoms with E-state index in [1.54, 1.807) is 25.4 Å². The second kappa shape index (κ2) is 5.58. The molecule has 102 valence electrons. The maximum Gasteiger partial charge on any atom is 0.212 e. The van der Waals surface area contributed by atoms with Crippen molar-refractivity contribution in [3.63, 3.8) is 0 Å². The van der Waals surface area contributed by atoms with Crippen LogP contribution in [0.15, 0.2) is 18.3 Å². The first kappa shape index (κ1) is 13.8. The average molecular weight is 260 g/mol. The van der Waals surface area contributed by atoms with Gasteiger partial charge in [0.25, 0.3) is 0 Å². The Bertz CT molecular complexity index is 456. The predicted molar refractivity (Wildman–Crippen MR) is 71.4 cm³/mol. The quantitative estimate of drug-likeness (QED) is 0.907. The summed E-state index contributed by atoms with van der Waals surface area (Å²) in [5, 5.41) is 20.0. The van der Waals surface area contributed by atoms with Gasteiger partial charge in [-0.15, -0.1) is 0 Å². The molecule has 1 unspecified atom stereocenters. The van der Waals surface area contributed by atoms with Gasteiger partial charge in [0.05, 0.1) is 24.7 Å². The van der Waals surface area contributed by atoms with E-state index < -0.39 is 11.5 Å². The second-order valence-electron chi connectivity index (χ2n) is 5.49. The molecule has 4 nitrogen and oxygen atoms in total. The minimum absolute atomic E-state index is 0.513. The van der Waals surface area contributed by atoms with Crippen LogP contribution in [0.25, 0.3) is 0 Å². The van der Waals surface area contributed by atoms with Crippen molar-refractivity contribution in [2.45, 2.75) is 38.7 Å². The first-order valence-corrected chi connectivity index (χ1v) is 6.70. The SMILES string of the molecule is COc1ccc(C(O)C2(C#N)CCC(C)CC2)cn1. The zero-order valence-corrected chi connectivity index (χ0v) is 11.5. The molecule has 1 fully saturated rings. The molecule has 0 aromatic carbocycles. The van der Waals surface area contributed by atoms with E-state index in [0.29, 0.717) is 17.4 Å². The molecule has 1 aliphatic rings. The van der Waals surface area contributed by atoms with E-state index in [4.69, 9.17) is 4.74 Å². The molecule has 19 heavy (non-hydrogen) atoms. The number of hydrogen-bond acceptors (Lipinski definition) is 4. The highest BCUT2D eigenvalue weighted by molar-refractivity contribution is 5.24. The molecule has 4 heteroatoms. The second-order valence-corrected chi connectivity index (χ2v) is 5.49. The lowest BCUT2D eigenvalue weighted by Crippen LogP contribution is -2.32. The number of methoxy groups -OCH3 is 1. The van der Waals surface area contributed by atoms with Crippen LogP contribution in [0.5, 0.6) is 5.88 Å². The van der Waals surface area contributed by atoms with Crippen molar-refractivity contribution in [3.05, 3.63) is 23.9 Å². The first-order chi connectivity index (χ1) is 9.11. The molecular weight excluding hydrogens is 240 g/mol. The highest BCUT2D eigenvalue weighted by atomic mass is 16.5. The Morgan fingerprint density at radius 2 is 2.16 bits per heavy atom. The van der Waals surface area contributed by atoms with Gasteiger partial charge in [0.2, 0.25) is 5.88 Å². The Hall–Kier alpha value is -1.60. The molecule has 1 aliphatic carbocycles. The number of aliphatic hydroxyl groups is 1. The predicted octanol–water partition coefficient (Wildman–Crippen LogP) is 2.84. The van der Waals surface area contributed by atoms with Crippen molar-refractivity contribution < 1.29 is 9.84 Å². The summed E-state index contributed by atoms with van der Waals surface area (Å²) < 4.78 is 5.00. The van der Waals surface area contributed by atoms with Gasteiger partial charge >= 0.3 is 0 Å². The standard InChI is InChI=1S/C15H20N2O2/c1-11-5-7-15(10-16,8-6-11)14(18)12-3-4-13(19-2)17-9-12/h3-4,9,11,14,18H,5-8H2,1-2H3. The number of pyridine rings is 1. The Kier molecular flexibility index (Phi) is 4.06. The molecule has 2 rings (SSSR count). The summed E-state index contributed by atoms with van der Waals surface area (Å²) >= 11 is 0. The third-order valence-electron chi connectivity index (χ3n) is 4.20. The topological polar surface area (TPSA) is 66.1 Å². The van der Waals surface area contributed by atoms with Crippen LogP contribution in [-0.2, 0) is 0 Å². The van der Waals surface area contributed by atoms with Crippen LogP contribution in [0.4, 0.5) is 0 Å². The molecule has 0 radical (unpaired) electrons. The van der Waals surface area contributed by atoms with Crippen LogP contribution in [0.3, 0.4) is 0 Å². The van der Waals surface area contributed by atoms with Crippen molar-refractivity contribution in [1.29, 1.82) is 5.26 Å². The lowest BCUT2D eigenvalue weighted by atomic mass is 9.67. The number of nitriles is 1. The minimum Gasteiger partial charge on any atom is -0.481 e.